The average Bonchev–Trinajstić information content (AvgIpc) is 3.01. The molecule has 8 heteroatoms. The highest BCUT2D eigenvalue weighted by atomic mass is 35.5. The molecule has 0 aliphatic heterocycles. The number of imidazole rings is 1. The number of benzene rings is 2. The first kappa shape index (κ1) is 17.8. The lowest BCUT2D eigenvalue weighted by molar-refractivity contribution is -0.129. The van der Waals surface area contributed by atoms with Crippen molar-refractivity contribution >= 4 is 34.4 Å². The summed E-state index contributed by atoms with van der Waals surface area (Å²) in [5.41, 5.74) is 7.10. The van der Waals surface area contributed by atoms with E-state index in [4.69, 9.17) is 16.3 Å². The molecule has 3 aromatic rings. The Balaban J connectivity index is 1.45. The molecule has 26 heavy (non-hydrogen) atoms. The van der Waals surface area contributed by atoms with E-state index in [1.165, 1.54) is 0 Å². The van der Waals surface area contributed by atoms with E-state index in [1.54, 1.807) is 18.2 Å². The Kier molecular flexibility index (Phi) is 5.38. The summed E-state index contributed by atoms with van der Waals surface area (Å²) < 4.78 is 5.40. The fourth-order valence-corrected chi connectivity index (χ4v) is 2.61. The second kappa shape index (κ2) is 7.88. The summed E-state index contributed by atoms with van der Waals surface area (Å²) >= 11 is 5.87. The molecule has 3 N–H and O–H groups in total. The number of aromatic nitrogens is 2. The maximum absolute atomic E-state index is 11.9. The third-order valence-corrected chi connectivity index (χ3v) is 3.84. The molecule has 134 valence electrons. The predicted octanol–water partition coefficient (Wildman–Crippen LogP) is 2.29. The topological polar surface area (TPSA) is 96.1 Å². The number of carbonyl (C=O) groups excluding carboxylic acids is 2. The zero-order valence-corrected chi connectivity index (χ0v) is 14.8. The Hall–Kier alpha value is -3.06. The number of hydrazine groups is 1. The number of aromatic amines is 1. The number of nitrogens with zero attached hydrogens (tertiary/aromatic N) is 1. The minimum absolute atomic E-state index is 0.0200. The van der Waals surface area contributed by atoms with E-state index in [-0.39, 0.29) is 18.9 Å². The van der Waals surface area contributed by atoms with Crippen molar-refractivity contribution in [3.05, 3.63) is 58.9 Å². The maximum Gasteiger partial charge on any atom is 0.276 e. The van der Waals surface area contributed by atoms with E-state index in [2.05, 4.69) is 20.8 Å². The summed E-state index contributed by atoms with van der Waals surface area (Å²) in [5, 5.41) is 0.595. The van der Waals surface area contributed by atoms with Crippen LogP contribution in [0.15, 0.2) is 42.5 Å². The Morgan fingerprint density at radius 2 is 1.92 bits per heavy atom. The van der Waals surface area contributed by atoms with Crippen LogP contribution in [0.3, 0.4) is 0 Å². The van der Waals surface area contributed by atoms with E-state index in [0.29, 0.717) is 16.6 Å². The number of fused-ring (bicyclic) bond motifs is 1. The van der Waals surface area contributed by atoms with Crippen molar-refractivity contribution in [2.24, 2.45) is 0 Å². The number of carbonyl (C=O) groups is 2. The molecule has 0 bridgehead atoms. The number of para-hydroxylation sites is 2. The number of nitrogens with one attached hydrogen (secondary N) is 3. The van der Waals surface area contributed by atoms with Gasteiger partial charge in [0, 0.05) is 5.02 Å². The van der Waals surface area contributed by atoms with Gasteiger partial charge < -0.3 is 9.72 Å². The SMILES string of the molecule is Cc1cc(Cl)ccc1OCC(=O)NNC(=O)Cc1nc2ccccc2[nH]1. The van der Waals surface area contributed by atoms with Crippen LogP contribution in [0.5, 0.6) is 5.75 Å². The van der Waals surface area contributed by atoms with Crippen LogP contribution in [0.2, 0.25) is 5.02 Å². The third-order valence-electron chi connectivity index (χ3n) is 3.60. The zero-order chi connectivity index (χ0) is 18.5. The minimum Gasteiger partial charge on any atom is -0.483 e. The van der Waals surface area contributed by atoms with Gasteiger partial charge in [-0.25, -0.2) is 4.98 Å². The second-order valence-corrected chi connectivity index (χ2v) is 6.11. The lowest BCUT2D eigenvalue weighted by Crippen LogP contribution is -2.44. The Bertz CT molecular complexity index is 922. The van der Waals surface area contributed by atoms with Gasteiger partial charge >= 0.3 is 0 Å². The van der Waals surface area contributed by atoms with Crippen LogP contribution in [-0.2, 0) is 16.0 Å². The molecule has 0 radical (unpaired) electrons. The number of rotatable bonds is 5. The molecule has 0 aliphatic carbocycles. The van der Waals surface area contributed by atoms with Crippen LogP contribution >= 0.6 is 11.6 Å². The van der Waals surface area contributed by atoms with E-state index >= 15 is 0 Å². The summed E-state index contributed by atoms with van der Waals surface area (Å²) in [6.45, 7) is 1.60. The molecule has 0 atom stereocenters. The van der Waals surface area contributed by atoms with Gasteiger partial charge in [-0.3, -0.25) is 20.4 Å². The number of halogens is 1. The highest BCUT2D eigenvalue weighted by Gasteiger charge is 2.10. The predicted molar refractivity (Wildman–Crippen MR) is 97.8 cm³/mol. The molecule has 0 saturated heterocycles. The van der Waals surface area contributed by atoms with Crippen LogP contribution in [0.1, 0.15) is 11.4 Å². The standard InChI is InChI=1S/C18H17ClN4O3/c1-11-8-12(19)6-7-15(11)26-10-18(25)23-22-17(24)9-16-20-13-4-2-3-5-14(13)21-16/h2-8H,9-10H2,1H3,(H,20,21)(H,22,24)(H,23,25). The number of hydrogen-bond acceptors (Lipinski definition) is 4. The molecule has 2 aromatic carbocycles. The van der Waals surface area contributed by atoms with Gasteiger partial charge in [-0.05, 0) is 42.8 Å². The zero-order valence-electron chi connectivity index (χ0n) is 14.0. The molecule has 7 nitrogen and oxygen atoms in total. The fraction of sp³-hybridized carbons (Fsp3) is 0.167. The van der Waals surface area contributed by atoms with Crippen LogP contribution < -0.4 is 15.6 Å². The molecule has 0 saturated carbocycles. The first-order valence-electron chi connectivity index (χ1n) is 7.91. The summed E-state index contributed by atoms with van der Waals surface area (Å²) in [4.78, 5) is 31.1. The van der Waals surface area contributed by atoms with Crippen molar-refractivity contribution in [3.8, 4) is 5.75 Å². The summed E-state index contributed by atoms with van der Waals surface area (Å²) in [6, 6.07) is 12.6. The van der Waals surface area contributed by atoms with Crippen molar-refractivity contribution in [3.63, 3.8) is 0 Å². The molecular formula is C18H17ClN4O3. The largest absolute Gasteiger partial charge is 0.483 e. The van der Waals surface area contributed by atoms with Crippen LogP contribution in [0.4, 0.5) is 0 Å². The Morgan fingerprint density at radius 3 is 2.69 bits per heavy atom. The first-order chi connectivity index (χ1) is 12.5. The van der Waals surface area contributed by atoms with Gasteiger partial charge in [0.25, 0.3) is 5.91 Å². The average molecular weight is 373 g/mol. The lowest BCUT2D eigenvalue weighted by Gasteiger charge is -2.10. The number of aryl methyl sites for hydroxylation is 1. The summed E-state index contributed by atoms with van der Waals surface area (Å²) in [7, 11) is 0. The van der Waals surface area contributed by atoms with Gasteiger partial charge in [-0.2, -0.15) is 0 Å². The Morgan fingerprint density at radius 1 is 1.15 bits per heavy atom. The fourth-order valence-electron chi connectivity index (χ4n) is 2.38. The molecule has 1 heterocycles. The molecule has 1 aromatic heterocycles. The smallest absolute Gasteiger partial charge is 0.276 e. The maximum atomic E-state index is 11.9. The number of H-pyrrole nitrogens is 1. The molecular weight excluding hydrogens is 356 g/mol. The second-order valence-electron chi connectivity index (χ2n) is 5.67. The highest BCUT2D eigenvalue weighted by molar-refractivity contribution is 6.30. The van der Waals surface area contributed by atoms with E-state index < -0.39 is 5.91 Å². The van der Waals surface area contributed by atoms with E-state index in [1.807, 2.05) is 31.2 Å². The highest BCUT2D eigenvalue weighted by Crippen LogP contribution is 2.21. The van der Waals surface area contributed by atoms with Crippen LogP contribution in [-0.4, -0.2) is 28.4 Å². The molecule has 0 fully saturated rings. The van der Waals surface area contributed by atoms with Gasteiger partial charge in [0.15, 0.2) is 6.61 Å². The molecule has 0 spiro atoms. The van der Waals surface area contributed by atoms with Gasteiger partial charge in [-0.1, -0.05) is 23.7 Å². The number of hydrogen-bond donors (Lipinski definition) is 3. The molecule has 0 unspecified atom stereocenters. The first-order valence-corrected chi connectivity index (χ1v) is 8.29. The van der Waals surface area contributed by atoms with Gasteiger partial charge in [0.1, 0.15) is 11.6 Å². The third kappa shape index (κ3) is 4.52. The van der Waals surface area contributed by atoms with Crippen LogP contribution in [0, 0.1) is 6.92 Å². The van der Waals surface area contributed by atoms with Crippen molar-refractivity contribution in [1.29, 1.82) is 0 Å². The monoisotopic (exact) mass is 372 g/mol. The van der Waals surface area contributed by atoms with Gasteiger partial charge in [0.05, 0.1) is 17.5 Å². The normalized spacial score (nSPS) is 10.5. The molecule has 0 aliphatic rings. The molecule has 3 rings (SSSR count). The van der Waals surface area contributed by atoms with E-state index in [0.717, 1.165) is 16.6 Å². The van der Waals surface area contributed by atoms with Crippen molar-refractivity contribution in [1.82, 2.24) is 20.8 Å². The van der Waals surface area contributed by atoms with Crippen molar-refractivity contribution < 1.29 is 14.3 Å². The quantitative estimate of drug-likeness (QED) is 0.599. The number of ether oxygens (including phenoxy) is 1. The Labute approximate surface area is 154 Å². The summed E-state index contributed by atoms with van der Waals surface area (Å²) in [6.07, 6.45) is 0.0200. The molecule has 2 amide bonds. The van der Waals surface area contributed by atoms with Crippen molar-refractivity contribution in [2.75, 3.05) is 6.61 Å². The van der Waals surface area contributed by atoms with E-state index in [9.17, 15) is 9.59 Å². The summed E-state index contributed by atoms with van der Waals surface area (Å²) in [5.74, 6) is 0.210. The van der Waals surface area contributed by atoms with Crippen molar-refractivity contribution in [2.45, 2.75) is 13.3 Å². The van der Waals surface area contributed by atoms with Gasteiger partial charge in [0.2, 0.25) is 5.91 Å². The lowest BCUT2D eigenvalue weighted by atomic mass is 10.2. The van der Waals surface area contributed by atoms with Crippen LogP contribution in [0.25, 0.3) is 11.0 Å². The van der Waals surface area contributed by atoms with Gasteiger partial charge in [-0.15, -0.1) is 0 Å². The number of amides is 2. The minimum atomic E-state index is -0.475.